The quantitative estimate of drug-likeness (QED) is 0.714. The number of carboxylic acid groups (broad SMARTS) is 1. The van der Waals surface area contributed by atoms with Crippen LogP contribution in [0, 0.1) is 0 Å². The Hall–Kier alpha value is -1.89. The molecule has 1 atom stereocenters. The van der Waals surface area contributed by atoms with E-state index in [2.05, 4.69) is 5.32 Å². The van der Waals surface area contributed by atoms with Crippen molar-refractivity contribution < 1.29 is 19.7 Å². The number of rotatable bonds is 4. The fourth-order valence-corrected chi connectivity index (χ4v) is 4.76. The first-order chi connectivity index (χ1) is 11.6. The van der Waals surface area contributed by atoms with Gasteiger partial charge < -0.3 is 20.3 Å². The zero-order valence-corrected chi connectivity index (χ0v) is 15.6. The molecule has 0 amide bonds. The summed E-state index contributed by atoms with van der Waals surface area (Å²) in [6.45, 7) is 7.83. The van der Waals surface area contributed by atoms with Crippen LogP contribution in [0.4, 0.5) is 5.00 Å². The molecule has 1 aliphatic heterocycles. The highest BCUT2D eigenvalue weighted by Gasteiger charge is 2.43. The number of hydrogen-bond acceptors (Lipinski definition) is 5. The molecule has 3 rings (SSSR count). The molecular weight excluding hydrogens is 338 g/mol. The summed E-state index contributed by atoms with van der Waals surface area (Å²) < 4.78 is 6.15. The van der Waals surface area contributed by atoms with Crippen molar-refractivity contribution in [3.8, 4) is 0 Å². The van der Waals surface area contributed by atoms with E-state index in [1.165, 1.54) is 11.3 Å². The number of thiophene rings is 1. The number of aliphatic hydroxyl groups is 1. The van der Waals surface area contributed by atoms with Gasteiger partial charge in [-0.15, -0.1) is 11.3 Å². The van der Waals surface area contributed by atoms with Crippen molar-refractivity contribution in [1.82, 2.24) is 0 Å². The lowest BCUT2D eigenvalue weighted by molar-refractivity contribution is -0.135. The summed E-state index contributed by atoms with van der Waals surface area (Å²) in [4.78, 5) is 12.8. The first-order valence-electron chi connectivity index (χ1n) is 8.20. The third-order valence-corrected chi connectivity index (χ3v) is 5.75. The lowest BCUT2D eigenvalue weighted by Gasteiger charge is -2.41. The van der Waals surface area contributed by atoms with Crippen LogP contribution in [-0.4, -0.2) is 21.8 Å². The van der Waals surface area contributed by atoms with Gasteiger partial charge in [-0.1, -0.05) is 30.3 Å². The van der Waals surface area contributed by atoms with Crippen LogP contribution in [0.3, 0.4) is 0 Å². The van der Waals surface area contributed by atoms with E-state index in [1.807, 2.05) is 45.9 Å². The first-order valence-corrected chi connectivity index (χ1v) is 9.01. The number of aromatic carboxylic acids is 1. The van der Waals surface area contributed by atoms with Crippen molar-refractivity contribution in [3.05, 3.63) is 51.9 Å². The van der Waals surface area contributed by atoms with Gasteiger partial charge in [0.25, 0.3) is 0 Å². The maximum Gasteiger partial charge on any atom is 0.338 e. The highest BCUT2D eigenvalue weighted by Crippen LogP contribution is 2.48. The summed E-state index contributed by atoms with van der Waals surface area (Å²) >= 11 is 1.34. The number of nitrogens with one attached hydrogen (secondary N) is 1. The van der Waals surface area contributed by atoms with Gasteiger partial charge in [-0.3, -0.25) is 0 Å². The number of benzene rings is 1. The topological polar surface area (TPSA) is 78.8 Å². The third kappa shape index (κ3) is 3.42. The number of hydrogen-bond donors (Lipinski definition) is 3. The molecule has 3 N–H and O–H groups in total. The van der Waals surface area contributed by atoms with Gasteiger partial charge in [0.1, 0.15) is 5.00 Å². The summed E-state index contributed by atoms with van der Waals surface area (Å²) in [5.41, 5.74) is 0.683. The van der Waals surface area contributed by atoms with Crippen LogP contribution in [0.5, 0.6) is 0 Å². The van der Waals surface area contributed by atoms with Crippen LogP contribution in [0.25, 0.3) is 0 Å². The zero-order chi connectivity index (χ0) is 18.4. The number of fused-ring (bicyclic) bond motifs is 1. The van der Waals surface area contributed by atoms with E-state index in [-0.39, 0.29) is 5.56 Å². The van der Waals surface area contributed by atoms with Crippen molar-refractivity contribution >= 4 is 22.3 Å². The number of aliphatic hydroxyl groups excluding tert-OH is 1. The number of anilines is 1. The fourth-order valence-electron chi connectivity index (χ4n) is 3.49. The Balaban J connectivity index is 2.04. The highest BCUT2D eigenvalue weighted by atomic mass is 32.1. The van der Waals surface area contributed by atoms with Crippen molar-refractivity contribution in [2.75, 3.05) is 5.32 Å². The van der Waals surface area contributed by atoms with E-state index in [9.17, 15) is 15.0 Å². The molecule has 1 unspecified atom stereocenters. The van der Waals surface area contributed by atoms with Gasteiger partial charge in [-0.25, -0.2) is 4.79 Å². The lowest BCUT2D eigenvalue weighted by Crippen LogP contribution is -2.41. The number of carboxylic acids is 1. The molecule has 1 aliphatic rings. The van der Waals surface area contributed by atoms with E-state index >= 15 is 0 Å². The van der Waals surface area contributed by atoms with Crippen LogP contribution in [0.15, 0.2) is 30.3 Å². The Labute approximate surface area is 151 Å². The molecule has 0 saturated carbocycles. The summed E-state index contributed by atoms with van der Waals surface area (Å²) in [7, 11) is 0. The molecule has 1 aromatic heterocycles. The van der Waals surface area contributed by atoms with Gasteiger partial charge in [0.2, 0.25) is 0 Å². The van der Waals surface area contributed by atoms with Crippen LogP contribution < -0.4 is 5.32 Å². The molecule has 0 radical (unpaired) electrons. The zero-order valence-electron chi connectivity index (χ0n) is 14.8. The largest absolute Gasteiger partial charge is 0.478 e. The van der Waals surface area contributed by atoms with Crippen LogP contribution >= 0.6 is 11.3 Å². The second-order valence-corrected chi connectivity index (χ2v) is 8.45. The van der Waals surface area contributed by atoms with Gasteiger partial charge in [-0.05, 0) is 33.3 Å². The molecule has 0 spiro atoms. The van der Waals surface area contributed by atoms with Gasteiger partial charge in [0.15, 0.2) is 6.23 Å². The monoisotopic (exact) mass is 361 g/mol. The minimum absolute atomic E-state index is 0.236. The van der Waals surface area contributed by atoms with E-state index in [4.69, 9.17) is 4.74 Å². The molecule has 2 heterocycles. The molecule has 134 valence electrons. The minimum Gasteiger partial charge on any atom is -0.478 e. The Morgan fingerprint density at radius 1 is 1.24 bits per heavy atom. The van der Waals surface area contributed by atoms with E-state index in [0.29, 0.717) is 17.0 Å². The predicted molar refractivity (Wildman–Crippen MR) is 98.2 cm³/mol. The van der Waals surface area contributed by atoms with E-state index in [0.717, 1.165) is 10.4 Å². The SMILES string of the molecule is CC1(C)Cc2c(sc(NC(O)c3ccccc3)c2C(=O)O)C(C)(C)O1. The Bertz CT molecular complexity index is 795. The third-order valence-electron chi connectivity index (χ3n) is 4.28. The Morgan fingerprint density at radius 3 is 2.48 bits per heavy atom. The Morgan fingerprint density at radius 2 is 1.88 bits per heavy atom. The summed E-state index contributed by atoms with van der Waals surface area (Å²) in [5.74, 6) is -0.992. The molecule has 1 aromatic carbocycles. The molecule has 2 aromatic rings. The summed E-state index contributed by atoms with van der Waals surface area (Å²) in [6, 6.07) is 9.11. The van der Waals surface area contributed by atoms with Crippen LogP contribution in [0.2, 0.25) is 0 Å². The molecule has 0 fully saturated rings. The lowest BCUT2D eigenvalue weighted by atomic mass is 9.86. The molecular formula is C19H23NO4S. The van der Waals surface area contributed by atoms with E-state index < -0.39 is 23.4 Å². The molecule has 6 heteroatoms. The normalized spacial score (nSPS) is 19.1. The predicted octanol–water partition coefficient (Wildman–Crippen LogP) is 4.14. The standard InChI is InChI=1S/C19H23NO4S/c1-18(2)10-12-13(17(22)23)16(25-14(12)19(3,4)24-18)20-15(21)11-8-6-5-7-9-11/h5-9,15,20-21H,10H2,1-4H3,(H,22,23). The minimum atomic E-state index is -0.992. The van der Waals surface area contributed by atoms with Crippen LogP contribution in [-0.2, 0) is 16.8 Å². The van der Waals surface area contributed by atoms with Crippen molar-refractivity contribution in [2.24, 2.45) is 0 Å². The fraction of sp³-hybridized carbons (Fsp3) is 0.421. The Kier molecular flexibility index (Phi) is 4.39. The molecule has 0 aliphatic carbocycles. The van der Waals surface area contributed by atoms with Gasteiger partial charge in [0.05, 0.1) is 16.8 Å². The molecule has 25 heavy (non-hydrogen) atoms. The van der Waals surface area contributed by atoms with Gasteiger partial charge in [-0.2, -0.15) is 0 Å². The molecule has 0 bridgehead atoms. The van der Waals surface area contributed by atoms with Crippen LogP contribution in [0.1, 0.15) is 60.3 Å². The first kappa shape index (κ1) is 17.9. The molecule has 0 saturated heterocycles. The summed E-state index contributed by atoms with van der Waals surface area (Å²) in [6.07, 6.45) is -0.455. The maximum absolute atomic E-state index is 11.9. The number of ether oxygens (including phenoxy) is 1. The second-order valence-electron chi connectivity index (χ2n) is 7.43. The average Bonchev–Trinajstić information content (AvgIpc) is 2.85. The smallest absolute Gasteiger partial charge is 0.338 e. The van der Waals surface area contributed by atoms with Crippen molar-refractivity contribution in [1.29, 1.82) is 0 Å². The molecule has 5 nitrogen and oxygen atoms in total. The second kappa shape index (κ2) is 6.12. The number of carbonyl (C=O) groups is 1. The maximum atomic E-state index is 11.9. The highest BCUT2D eigenvalue weighted by molar-refractivity contribution is 7.16. The van der Waals surface area contributed by atoms with Crippen molar-refractivity contribution in [3.63, 3.8) is 0 Å². The average molecular weight is 361 g/mol. The van der Waals surface area contributed by atoms with Crippen molar-refractivity contribution in [2.45, 2.75) is 51.5 Å². The van der Waals surface area contributed by atoms with Gasteiger partial charge in [0, 0.05) is 16.9 Å². The van der Waals surface area contributed by atoms with E-state index in [1.54, 1.807) is 12.1 Å². The van der Waals surface area contributed by atoms with Gasteiger partial charge >= 0.3 is 5.97 Å². The summed E-state index contributed by atoms with van der Waals surface area (Å²) in [5, 5.41) is 23.7.